The predicted molar refractivity (Wildman–Crippen MR) is 93.6 cm³/mol. The van der Waals surface area contributed by atoms with Crippen molar-refractivity contribution in [3.63, 3.8) is 0 Å². The van der Waals surface area contributed by atoms with Gasteiger partial charge in [-0.3, -0.25) is 9.10 Å². The minimum atomic E-state index is -3.53. The zero-order valence-corrected chi connectivity index (χ0v) is 15.0. The molecule has 1 N–H and O–H groups in total. The molecule has 0 unspecified atom stereocenters. The molecule has 1 aromatic heterocycles. The molecule has 8 heteroatoms. The first-order valence-electron chi connectivity index (χ1n) is 7.30. The summed E-state index contributed by atoms with van der Waals surface area (Å²) in [6.07, 6.45) is 2.66. The first-order chi connectivity index (χ1) is 11.3. The Kier molecular flexibility index (Phi) is 5.90. The van der Waals surface area contributed by atoms with Gasteiger partial charge in [0.2, 0.25) is 15.9 Å². The largest absolute Gasteiger partial charge is 0.467 e. The van der Waals surface area contributed by atoms with Gasteiger partial charge < -0.3 is 9.73 Å². The van der Waals surface area contributed by atoms with E-state index < -0.39 is 10.0 Å². The Morgan fingerprint density at radius 3 is 2.71 bits per heavy atom. The fourth-order valence-corrected chi connectivity index (χ4v) is 3.35. The average molecular weight is 371 g/mol. The van der Waals surface area contributed by atoms with Crippen LogP contribution >= 0.6 is 11.6 Å². The second-order valence-electron chi connectivity index (χ2n) is 5.37. The molecule has 0 atom stereocenters. The lowest BCUT2D eigenvalue weighted by Crippen LogP contribution is -2.35. The van der Waals surface area contributed by atoms with Crippen LogP contribution in [0.15, 0.2) is 41.0 Å². The molecule has 2 rings (SSSR count). The molecule has 0 aliphatic heterocycles. The maximum absolute atomic E-state index is 12.1. The van der Waals surface area contributed by atoms with Crippen LogP contribution in [0.2, 0.25) is 5.02 Å². The summed E-state index contributed by atoms with van der Waals surface area (Å²) in [6, 6.07) is 8.50. The summed E-state index contributed by atoms with van der Waals surface area (Å²) in [5.41, 5.74) is 1.24. The number of nitrogens with zero attached hydrogens (tertiary/aromatic N) is 1. The number of carbonyl (C=O) groups excluding carboxylic acids is 1. The van der Waals surface area contributed by atoms with E-state index in [1.165, 1.54) is 10.6 Å². The third-order valence-electron chi connectivity index (χ3n) is 3.42. The van der Waals surface area contributed by atoms with Crippen LogP contribution in [0, 0.1) is 6.92 Å². The smallest absolute Gasteiger partial charge is 0.232 e. The summed E-state index contributed by atoms with van der Waals surface area (Å²) in [5, 5.41) is 3.13. The number of anilines is 1. The molecule has 1 amide bonds. The van der Waals surface area contributed by atoms with E-state index in [2.05, 4.69) is 5.32 Å². The number of furan rings is 1. The third-order valence-corrected chi connectivity index (χ3v) is 4.84. The van der Waals surface area contributed by atoms with Crippen molar-refractivity contribution in [3.8, 4) is 0 Å². The Morgan fingerprint density at radius 1 is 1.33 bits per heavy atom. The van der Waals surface area contributed by atoms with E-state index in [4.69, 9.17) is 16.0 Å². The van der Waals surface area contributed by atoms with Crippen molar-refractivity contribution in [3.05, 3.63) is 52.9 Å². The quantitative estimate of drug-likeness (QED) is 0.812. The van der Waals surface area contributed by atoms with Crippen LogP contribution in [0.25, 0.3) is 0 Å². The van der Waals surface area contributed by atoms with Gasteiger partial charge in [0.1, 0.15) is 5.76 Å². The summed E-state index contributed by atoms with van der Waals surface area (Å²) < 4.78 is 30.5. The van der Waals surface area contributed by atoms with Crippen molar-refractivity contribution in [1.82, 2.24) is 5.32 Å². The fraction of sp³-hybridized carbons (Fsp3) is 0.312. The van der Waals surface area contributed by atoms with Gasteiger partial charge in [-0.15, -0.1) is 0 Å². The lowest BCUT2D eigenvalue weighted by Gasteiger charge is -2.24. The monoisotopic (exact) mass is 370 g/mol. The first kappa shape index (κ1) is 18.4. The van der Waals surface area contributed by atoms with Crippen LogP contribution in [-0.2, 0) is 21.4 Å². The topological polar surface area (TPSA) is 79.6 Å². The Balaban J connectivity index is 2.04. The number of aryl methyl sites for hydroxylation is 1. The lowest BCUT2D eigenvalue weighted by atomic mass is 10.2. The van der Waals surface area contributed by atoms with E-state index in [1.807, 2.05) is 0 Å². The van der Waals surface area contributed by atoms with Gasteiger partial charge in [0, 0.05) is 18.0 Å². The number of amides is 1. The van der Waals surface area contributed by atoms with Crippen molar-refractivity contribution in [2.75, 3.05) is 17.1 Å². The third kappa shape index (κ3) is 5.01. The maximum atomic E-state index is 12.1. The molecule has 0 spiro atoms. The molecule has 1 aromatic carbocycles. The number of rotatable bonds is 7. The van der Waals surface area contributed by atoms with Crippen LogP contribution in [-0.4, -0.2) is 27.1 Å². The molecular formula is C16H19ClN2O4S. The minimum Gasteiger partial charge on any atom is -0.467 e. The lowest BCUT2D eigenvalue weighted by molar-refractivity contribution is -0.121. The normalized spacial score (nSPS) is 11.3. The van der Waals surface area contributed by atoms with Crippen molar-refractivity contribution in [2.45, 2.75) is 19.9 Å². The highest BCUT2D eigenvalue weighted by Crippen LogP contribution is 2.26. The van der Waals surface area contributed by atoms with Crippen LogP contribution in [0.3, 0.4) is 0 Å². The van der Waals surface area contributed by atoms with Crippen molar-refractivity contribution < 1.29 is 17.6 Å². The maximum Gasteiger partial charge on any atom is 0.232 e. The van der Waals surface area contributed by atoms with Crippen molar-refractivity contribution in [2.24, 2.45) is 0 Å². The summed E-state index contributed by atoms with van der Waals surface area (Å²) in [6.45, 7) is 2.09. The van der Waals surface area contributed by atoms with E-state index in [0.29, 0.717) is 16.5 Å². The second kappa shape index (κ2) is 7.72. The molecule has 1 heterocycles. The summed E-state index contributed by atoms with van der Waals surface area (Å²) in [5.74, 6) is 0.369. The number of sulfonamides is 1. The molecule has 6 nitrogen and oxygen atoms in total. The Bertz CT molecular complexity index is 803. The number of hydrogen-bond acceptors (Lipinski definition) is 4. The molecule has 0 radical (unpaired) electrons. The second-order valence-corrected chi connectivity index (χ2v) is 7.72. The fourth-order valence-electron chi connectivity index (χ4n) is 2.21. The number of benzene rings is 1. The molecule has 0 saturated heterocycles. The van der Waals surface area contributed by atoms with Gasteiger partial charge in [0.25, 0.3) is 0 Å². The molecular weight excluding hydrogens is 352 g/mol. The molecule has 0 bridgehead atoms. The average Bonchev–Trinajstić information content (AvgIpc) is 3.01. The SMILES string of the molecule is Cc1ccc(Cl)cc1N(CCC(=O)NCc1ccco1)S(C)(=O)=O. The molecule has 0 aliphatic rings. The molecule has 0 aliphatic carbocycles. The minimum absolute atomic E-state index is 0.0275. The molecule has 24 heavy (non-hydrogen) atoms. The Hall–Kier alpha value is -1.99. The number of halogens is 1. The molecule has 0 saturated carbocycles. The van der Waals surface area contributed by atoms with Crippen molar-refractivity contribution in [1.29, 1.82) is 0 Å². The van der Waals surface area contributed by atoms with Crippen LogP contribution < -0.4 is 9.62 Å². The molecule has 130 valence electrons. The first-order valence-corrected chi connectivity index (χ1v) is 9.53. The predicted octanol–water partition coefficient (Wildman–Crippen LogP) is 2.71. The van der Waals surface area contributed by atoms with Gasteiger partial charge in [-0.05, 0) is 36.8 Å². The van der Waals surface area contributed by atoms with E-state index >= 15 is 0 Å². The van der Waals surface area contributed by atoms with Gasteiger partial charge in [0.05, 0.1) is 24.8 Å². The standard InChI is InChI=1S/C16H19ClN2O4S/c1-12-5-6-13(17)10-15(12)19(24(2,21)22)8-7-16(20)18-11-14-4-3-9-23-14/h3-6,9-10H,7-8,11H2,1-2H3,(H,18,20). The van der Waals surface area contributed by atoms with Gasteiger partial charge in [0.15, 0.2) is 0 Å². The van der Waals surface area contributed by atoms with E-state index in [9.17, 15) is 13.2 Å². The van der Waals surface area contributed by atoms with Crippen LogP contribution in [0.4, 0.5) is 5.69 Å². The van der Waals surface area contributed by atoms with Gasteiger partial charge in [-0.25, -0.2) is 8.42 Å². The summed E-state index contributed by atoms with van der Waals surface area (Å²) in [4.78, 5) is 12.0. The highest BCUT2D eigenvalue weighted by atomic mass is 35.5. The van der Waals surface area contributed by atoms with Crippen LogP contribution in [0.5, 0.6) is 0 Å². The van der Waals surface area contributed by atoms with E-state index in [0.717, 1.165) is 11.8 Å². The Morgan fingerprint density at radius 2 is 2.08 bits per heavy atom. The Labute approximate surface area is 146 Å². The van der Waals surface area contributed by atoms with Gasteiger partial charge in [-0.1, -0.05) is 17.7 Å². The van der Waals surface area contributed by atoms with Crippen molar-refractivity contribution >= 4 is 33.2 Å². The summed E-state index contributed by atoms with van der Waals surface area (Å²) in [7, 11) is -3.53. The zero-order chi connectivity index (χ0) is 17.7. The molecule has 0 fully saturated rings. The van der Waals surface area contributed by atoms with Gasteiger partial charge >= 0.3 is 0 Å². The number of carbonyl (C=O) groups is 1. The van der Waals surface area contributed by atoms with E-state index in [1.54, 1.807) is 37.3 Å². The van der Waals surface area contributed by atoms with Crippen LogP contribution in [0.1, 0.15) is 17.7 Å². The van der Waals surface area contributed by atoms with Gasteiger partial charge in [-0.2, -0.15) is 0 Å². The molecule has 2 aromatic rings. The highest BCUT2D eigenvalue weighted by molar-refractivity contribution is 7.92. The zero-order valence-electron chi connectivity index (χ0n) is 13.5. The summed E-state index contributed by atoms with van der Waals surface area (Å²) >= 11 is 5.97. The number of nitrogens with one attached hydrogen (secondary N) is 1. The van der Waals surface area contributed by atoms with E-state index in [-0.39, 0.29) is 25.4 Å². The highest BCUT2D eigenvalue weighted by Gasteiger charge is 2.20. The number of hydrogen-bond donors (Lipinski definition) is 1.